The Kier molecular flexibility index (Phi) is 6.50. The second-order valence-corrected chi connectivity index (χ2v) is 12.5. The summed E-state index contributed by atoms with van der Waals surface area (Å²) < 4.78 is 6.56. The summed E-state index contributed by atoms with van der Waals surface area (Å²) >= 11 is 0. The predicted octanol–water partition coefficient (Wildman–Crippen LogP) is 4.63. The number of benzene rings is 2. The zero-order valence-electron chi connectivity index (χ0n) is 21.5. The number of aliphatic hydroxyl groups is 2. The van der Waals surface area contributed by atoms with Gasteiger partial charge in [-0.2, -0.15) is 0 Å². The molecule has 3 aliphatic carbocycles. The molecule has 0 aromatic heterocycles. The SMILES string of the molecule is Cl.OC[C@@]1(CCCc2ccccc2)CC2C3Cc4ccc(O)c5c4C2(CCN3CC2CCC2)C(O5)[C@@H]1O. The van der Waals surface area contributed by atoms with Crippen LogP contribution in [-0.4, -0.2) is 58.2 Å². The number of rotatable bonds is 7. The molecule has 2 saturated carbocycles. The second-order valence-electron chi connectivity index (χ2n) is 12.5. The molecule has 2 heterocycles. The standard InChI is InChI=1S/C31H39NO4.ClH/c33-19-30(13-5-10-20-6-2-1-3-7-20)17-23-24-16-22-11-12-25(34)27-26(22)31(23,29(36-27)28(30)35)14-15-32(24)18-21-8-4-9-21;/h1-3,6-7,11-12,21,23-24,28-29,33-35H,4-5,8-10,13-19H2;1H/t23?,24?,28-,29?,30+,31?;/m0./s1. The molecular weight excluding hydrogens is 486 g/mol. The van der Waals surface area contributed by atoms with E-state index in [1.54, 1.807) is 6.07 Å². The van der Waals surface area contributed by atoms with Gasteiger partial charge >= 0.3 is 0 Å². The maximum absolute atomic E-state index is 12.0. The highest BCUT2D eigenvalue weighted by atomic mass is 35.5. The zero-order valence-corrected chi connectivity index (χ0v) is 22.3. The first-order chi connectivity index (χ1) is 17.6. The van der Waals surface area contributed by atoms with E-state index >= 15 is 0 Å². The molecule has 200 valence electrons. The fourth-order valence-corrected chi connectivity index (χ4v) is 8.78. The van der Waals surface area contributed by atoms with E-state index in [0.29, 0.717) is 17.7 Å². The lowest BCUT2D eigenvalue weighted by atomic mass is 9.46. The summed E-state index contributed by atoms with van der Waals surface area (Å²) in [5.41, 5.74) is 2.91. The molecule has 1 saturated heterocycles. The molecule has 2 aromatic carbocycles. The van der Waals surface area contributed by atoms with Gasteiger partial charge in [0.2, 0.25) is 0 Å². The summed E-state index contributed by atoms with van der Waals surface area (Å²) in [5, 5.41) is 33.6. The lowest BCUT2D eigenvalue weighted by molar-refractivity contribution is -0.182. The van der Waals surface area contributed by atoms with Crippen molar-refractivity contribution in [1.29, 1.82) is 0 Å². The average molecular weight is 526 g/mol. The van der Waals surface area contributed by atoms with Crippen LogP contribution >= 0.6 is 12.4 Å². The van der Waals surface area contributed by atoms with Gasteiger partial charge in [0.05, 0.1) is 12.7 Å². The van der Waals surface area contributed by atoms with Crippen LogP contribution in [-0.2, 0) is 18.3 Å². The quantitative estimate of drug-likeness (QED) is 0.491. The summed E-state index contributed by atoms with van der Waals surface area (Å²) in [6, 6.07) is 14.8. The van der Waals surface area contributed by atoms with E-state index in [1.165, 1.54) is 42.5 Å². The van der Waals surface area contributed by atoms with Gasteiger partial charge in [-0.15, -0.1) is 12.4 Å². The van der Waals surface area contributed by atoms with Crippen LogP contribution in [0.2, 0.25) is 0 Å². The van der Waals surface area contributed by atoms with Crippen LogP contribution in [0.3, 0.4) is 0 Å². The third kappa shape index (κ3) is 3.68. The Hall–Kier alpha value is -1.79. The van der Waals surface area contributed by atoms with Gasteiger partial charge in [0.15, 0.2) is 11.5 Å². The molecule has 6 atom stereocenters. The Morgan fingerprint density at radius 2 is 1.89 bits per heavy atom. The molecule has 2 aromatic rings. The highest BCUT2D eigenvalue weighted by Crippen LogP contribution is 2.67. The van der Waals surface area contributed by atoms with Crippen LogP contribution in [0.15, 0.2) is 42.5 Å². The Morgan fingerprint density at radius 3 is 2.62 bits per heavy atom. The number of phenols is 1. The van der Waals surface area contributed by atoms with Crippen LogP contribution in [0.1, 0.15) is 61.6 Å². The molecule has 5 nitrogen and oxygen atoms in total. The number of likely N-dealkylation sites (tertiary alicyclic amines) is 1. The van der Waals surface area contributed by atoms with Crippen molar-refractivity contribution in [2.75, 3.05) is 19.7 Å². The van der Waals surface area contributed by atoms with E-state index in [2.05, 4.69) is 35.2 Å². The molecule has 0 radical (unpaired) electrons. The number of aromatic hydroxyl groups is 1. The van der Waals surface area contributed by atoms with Gasteiger partial charge in [-0.3, -0.25) is 4.90 Å². The number of ether oxygens (including phenoxy) is 1. The second kappa shape index (κ2) is 9.44. The number of phenolic OH excluding ortho intramolecular Hbond substituents is 1. The van der Waals surface area contributed by atoms with Gasteiger partial charge in [0, 0.05) is 29.0 Å². The number of hydrogen-bond acceptors (Lipinski definition) is 5. The fraction of sp³-hybridized carbons (Fsp3) is 0.613. The van der Waals surface area contributed by atoms with Crippen molar-refractivity contribution in [3.8, 4) is 11.5 Å². The average Bonchev–Trinajstić information content (AvgIpc) is 3.22. The molecule has 1 spiro atoms. The number of nitrogens with zero attached hydrogens (tertiary/aromatic N) is 1. The van der Waals surface area contributed by atoms with Crippen LogP contribution in [0.5, 0.6) is 11.5 Å². The Balaban J connectivity index is 0.00000252. The Bertz CT molecular complexity index is 1140. The number of halogens is 1. The number of aryl methyl sites for hydroxylation is 1. The Labute approximate surface area is 226 Å². The number of piperidine rings is 1. The van der Waals surface area contributed by atoms with E-state index in [4.69, 9.17) is 4.74 Å². The van der Waals surface area contributed by atoms with Crippen molar-refractivity contribution in [1.82, 2.24) is 4.90 Å². The summed E-state index contributed by atoms with van der Waals surface area (Å²) in [4.78, 5) is 2.74. The van der Waals surface area contributed by atoms with E-state index in [9.17, 15) is 15.3 Å². The van der Waals surface area contributed by atoms with Gasteiger partial charge in [-0.05, 0) is 86.9 Å². The zero-order chi connectivity index (χ0) is 24.5. The van der Waals surface area contributed by atoms with Crippen molar-refractivity contribution < 1.29 is 20.1 Å². The molecular formula is C31H40ClNO4. The summed E-state index contributed by atoms with van der Waals surface area (Å²) in [6.45, 7) is 2.17. The molecule has 6 heteroatoms. The largest absolute Gasteiger partial charge is 0.504 e. The lowest BCUT2D eigenvalue weighted by Crippen LogP contribution is -2.71. The van der Waals surface area contributed by atoms with Gasteiger partial charge in [-0.1, -0.05) is 42.8 Å². The van der Waals surface area contributed by atoms with Crippen molar-refractivity contribution in [3.05, 3.63) is 59.2 Å². The minimum absolute atomic E-state index is 0. The summed E-state index contributed by atoms with van der Waals surface area (Å²) in [5.74, 6) is 1.93. The van der Waals surface area contributed by atoms with Crippen LogP contribution in [0.25, 0.3) is 0 Å². The minimum atomic E-state index is -0.758. The first-order valence-corrected chi connectivity index (χ1v) is 14.1. The fourth-order valence-electron chi connectivity index (χ4n) is 8.78. The monoisotopic (exact) mass is 525 g/mol. The molecule has 3 N–H and O–H groups in total. The molecule has 0 amide bonds. The molecule has 7 rings (SSSR count). The van der Waals surface area contributed by atoms with E-state index in [1.807, 2.05) is 6.07 Å². The van der Waals surface area contributed by atoms with Gasteiger partial charge in [0.25, 0.3) is 0 Å². The summed E-state index contributed by atoms with van der Waals surface area (Å²) in [7, 11) is 0. The molecule has 5 aliphatic rings. The molecule has 2 aliphatic heterocycles. The highest BCUT2D eigenvalue weighted by Gasteiger charge is 2.70. The maximum atomic E-state index is 12.0. The van der Waals surface area contributed by atoms with Crippen molar-refractivity contribution in [2.45, 2.75) is 81.5 Å². The predicted molar refractivity (Wildman–Crippen MR) is 145 cm³/mol. The van der Waals surface area contributed by atoms with Gasteiger partial charge in [0.1, 0.15) is 6.10 Å². The molecule has 4 unspecified atom stereocenters. The summed E-state index contributed by atoms with van der Waals surface area (Å²) in [6.07, 6.45) is 8.28. The van der Waals surface area contributed by atoms with Gasteiger partial charge < -0.3 is 20.1 Å². The molecule has 2 bridgehead atoms. The minimum Gasteiger partial charge on any atom is -0.504 e. The van der Waals surface area contributed by atoms with Crippen molar-refractivity contribution in [2.24, 2.45) is 17.3 Å². The Morgan fingerprint density at radius 1 is 1.08 bits per heavy atom. The first kappa shape index (κ1) is 25.5. The lowest BCUT2D eigenvalue weighted by Gasteiger charge is -2.63. The first-order valence-electron chi connectivity index (χ1n) is 14.1. The van der Waals surface area contributed by atoms with Crippen molar-refractivity contribution >= 4 is 12.4 Å². The van der Waals surface area contributed by atoms with Crippen LogP contribution in [0.4, 0.5) is 0 Å². The van der Waals surface area contributed by atoms with Crippen molar-refractivity contribution in [3.63, 3.8) is 0 Å². The van der Waals surface area contributed by atoms with Crippen LogP contribution in [0, 0.1) is 17.3 Å². The maximum Gasteiger partial charge on any atom is 0.165 e. The number of aliphatic hydroxyl groups excluding tert-OH is 2. The third-order valence-electron chi connectivity index (χ3n) is 10.8. The molecule has 3 fully saturated rings. The smallest absolute Gasteiger partial charge is 0.165 e. The normalized spacial score (nSPS) is 35.7. The van der Waals surface area contributed by atoms with Gasteiger partial charge in [-0.25, -0.2) is 0 Å². The van der Waals surface area contributed by atoms with E-state index in [0.717, 1.165) is 51.0 Å². The molecule has 37 heavy (non-hydrogen) atoms. The topological polar surface area (TPSA) is 73.2 Å². The third-order valence-corrected chi connectivity index (χ3v) is 10.8. The van der Waals surface area contributed by atoms with Crippen LogP contribution < -0.4 is 4.74 Å². The van der Waals surface area contributed by atoms with E-state index in [-0.39, 0.29) is 30.2 Å². The van der Waals surface area contributed by atoms with E-state index < -0.39 is 17.6 Å². The highest BCUT2D eigenvalue weighted by molar-refractivity contribution is 5.85. The number of hydrogen-bond donors (Lipinski definition) is 3.